The molecule has 28 heavy (non-hydrogen) atoms. The van der Waals surface area contributed by atoms with Gasteiger partial charge >= 0.3 is 0 Å². The summed E-state index contributed by atoms with van der Waals surface area (Å²) in [7, 11) is 1.60. The Kier molecular flexibility index (Phi) is 8.33. The molecule has 0 radical (unpaired) electrons. The number of carbonyl (C=O) groups is 2. The summed E-state index contributed by atoms with van der Waals surface area (Å²) < 4.78 is 5.16. The van der Waals surface area contributed by atoms with Gasteiger partial charge in [-0.05, 0) is 48.7 Å². The van der Waals surface area contributed by atoms with Gasteiger partial charge in [0.15, 0.2) is 0 Å². The summed E-state index contributed by atoms with van der Waals surface area (Å²) in [4.78, 5) is 27.1. The number of ether oxygens (including phenoxy) is 1. The fourth-order valence-corrected chi connectivity index (χ4v) is 3.04. The average molecular weight is 403 g/mol. The molecule has 6 heteroatoms. The molecular weight excluding hydrogens is 376 g/mol. The zero-order valence-electron chi connectivity index (χ0n) is 16.6. The number of nitrogens with one attached hydrogen (secondary N) is 1. The molecular formula is C22H27ClN2O3. The molecule has 0 saturated heterocycles. The molecule has 2 amide bonds. The number of halogens is 1. The molecule has 0 spiro atoms. The van der Waals surface area contributed by atoms with Crippen molar-refractivity contribution in [2.75, 3.05) is 13.7 Å². The van der Waals surface area contributed by atoms with Crippen molar-refractivity contribution in [3.8, 4) is 5.75 Å². The van der Waals surface area contributed by atoms with E-state index in [0.29, 0.717) is 18.1 Å². The van der Waals surface area contributed by atoms with Crippen molar-refractivity contribution in [1.29, 1.82) is 0 Å². The lowest BCUT2D eigenvalue weighted by molar-refractivity contribution is -0.140. The average Bonchev–Trinajstić information content (AvgIpc) is 2.70. The standard InChI is InChI=1S/C22H27ClN2O3/c1-4-12-24-22(27)16(2)25(15-18-6-5-7-19(23)13-18)21(26)14-17-8-10-20(28-3)11-9-17/h5-11,13,16H,4,12,14-15H2,1-3H3,(H,24,27)/t16-/m0/s1. The Labute approximate surface area is 171 Å². The molecule has 0 aliphatic heterocycles. The highest BCUT2D eigenvalue weighted by Crippen LogP contribution is 2.17. The summed E-state index contributed by atoms with van der Waals surface area (Å²) in [6.45, 7) is 4.64. The number of hydrogen-bond donors (Lipinski definition) is 1. The molecule has 0 aliphatic rings. The molecule has 0 bridgehead atoms. The van der Waals surface area contributed by atoms with E-state index in [1.807, 2.05) is 49.4 Å². The third kappa shape index (κ3) is 6.27. The molecule has 5 nitrogen and oxygen atoms in total. The van der Waals surface area contributed by atoms with Gasteiger partial charge in [0.1, 0.15) is 11.8 Å². The first kappa shape index (κ1) is 21.8. The van der Waals surface area contributed by atoms with Crippen LogP contribution >= 0.6 is 11.6 Å². The quantitative estimate of drug-likeness (QED) is 0.693. The number of benzene rings is 2. The van der Waals surface area contributed by atoms with Crippen LogP contribution in [0.3, 0.4) is 0 Å². The van der Waals surface area contributed by atoms with Crippen LogP contribution in [0.5, 0.6) is 5.75 Å². The van der Waals surface area contributed by atoms with Gasteiger partial charge in [-0.15, -0.1) is 0 Å². The van der Waals surface area contributed by atoms with E-state index in [1.165, 1.54) is 0 Å². The van der Waals surface area contributed by atoms with Gasteiger partial charge in [-0.1, -0.05) is 42.8 Å². The van der Waals surface area contributed by atoms with Crippen LogP contribution in [0.25, 0.3) is 0 Å². The lowest BCUT2D eigenvalue weighted by Crippen LogP contribution is -2.48. The summed E-state index contributed by atoms with van der Waals surface area (Å²) in [5.74, 6) is 0.454. The predicted octanol–water partition coefficient (Wildman–Crippen LogP) is 3.83. The van der Waals surface area contributed by atoms with Crippen molar-refractivity contribution in [3.05, 3.63) is 64.7 Å². The van der Waals surface area contributed by atoms with Crippen LogP contribution in [0.1, 0.15) is 31.4 Å². The molecule has 2 aromatic carbocycles. The van der Waals surface area contributed by atoms with E-state index >= 15 is 0 Å². The van der Waals surface area contributed by atoms with Gasteiger partial charge in [0.25, 0.3) is 0 Å². The van der Waals surface area contributed by atoms with Crippen LogP contribution in [0, 0.1) is 0 Å². The topological polar surface area (TPSA) is 58.6 Å². The van der Waals surface area contributed by atoms with Crippen molar-refractivity contribution in [2.24, 2.45) is 0 Å². The summed E-state index contributed by atoms with van der Waals surface area (Å²) >= 11 is 6.08. The summed E-state index contributed by atoms with van der Waals surface area (Å²) in [5.41, 5.74) is 1.74. The molecule has 0 saturated carbocycles. The molecule has 2 rings (SSSR count). The second kappa shape index (κ2) is 10.7. The minimum absolute atomic E-state index is 0.121. The Bertz CT molecular complexity index is 793. The zero-order chi connectivity index (χ0) is 20.5. The van der Waals surface area contributed by atoms with Crippen molar-refractivity contribution in [1.82, 2.24) is 10.2 Å². The van der Waals surface area contributed by atoms with Crippen LogP contribution in [-0.4, -0.2) is 36.4 Å². The normalized spacial score (nSPS) is 11.6. The number of amides is 2. The third-order valence-electron chi connectivity index (χ3n) is 4.47. The summed E-state index contributed by atoms with van der Waals surface area (Å²) in [6.07, 6.45) is 1.04. The number of nitrogens with zero attached hydrogens (tertiary/aromatic N) is 1. The Balaban J connectivity index is 2.19. The monoisotopic (exact) mass is 402 g/mol. The van der Waals surface area contributed by atoms with Gasteiger partial charge in [-0.2, -0.15) is 0 Å². The van der Waals surface area contributed by atoms with Crippen LogP contribution < -0.4 is 10.1 Å². The maximum atomic E-state index is 13.1. The Morgan fingerprint density at radius 1 is 1.14 bits per heavy atom. The van der Waals surface area contributed by atoms with E-state index in [2.05, 4.69) is 5.32 Å². The van der Waals surface area contributed by atoms with Crippen LogP contribution in [-0.2, 0) is 22.6 Å². The highest BCUT2D eigenvalue weighted by Gasteiger charge is 2.26. The lowest BCUT2D eigenvalue weighted by Gasteiger charge is -2.29. The highest BCUT2D eigenvalue weighted by molar-refractivity contribution is 6.30. The molecule has 0 unspecified atom stereocenters. The van der Waals surface area contributed by atoms with Crippen LogP contribution in [0.4, 0.5) is 0 Å². The number of hydrogen-bond acceptors (Lipinski definition) is 3. The molecule has 0 aliphatic carbocycles. The Hall–Kier alpha value is -2.53. The Morgan fingerprint density at radius 2 is 1.86 bits per heavy atom. The van der Waals surface area contributed by atoms with Crippen molar-refractivity contribution in [2.45, 2.75) is 39.3 Å². The van der Waals surface area contributed by atoms with Gasteiger partial charge in [-0.25, -0.2) is 0 Å². The molecule has 0 heterocycles. The molecule has 150 valence electrons. The van der Waals surface area contributed by atoms with Gasteiger partial charge in [0.05, 0.1) is 13.5 Å². The second-order valence-corrected chi connectivity index (χ2v) is 7.08. The minimum Gasteiger partial charge on any atom is -0.497 e. The van der Waals surface area contributed by atoms with E-state index < -0.39 is 6.04 Å². The van der Waals surface area contributed by atoms with Crippen molar-refractivity contribution < 1.29 is 14.3 Å². The predicted molar refractivity (Wildman–Crippen MR) is 111 cm³/mol. The van der Waals surface area contributed by atoms with E-state index in [1.54, 1.807) is 25.0 Å². The molecule has 1 N–H and O–H groups in total. The largest absolute Gasteiger partial charge is 0.497 e. The third-order valence-corrected chi connectivity index (χ3v) is 4.71. The molecule has 0 fully saturated rings. The van der Waals surface area contributed by atoms with E-state index in [9.17, 15) is 9.59 Å². The van der Waals surface area contributed by atoms with E-state index in [-0.39, 0.29) is 18.2 Å². The fourth-order valence-electron chi connectivity index (χ4n) is 2.83. The van der Waals surface area contributed by atoms with Gasteiger partial charge in [0, 0.05) is 18.1 Å². The van der Waals surface area contributed by atoms with E-state index in [0.717, 1.165) is 23.3 Å². The van der Waals surface area contributed by atoms with Crippen molar-refractivity contribution >= 4 is 23.4 Å². The molecule has 1 atom stereocenters. The smallest absolute Gasteiger partial charge is 0.242 e. The molecule has 2 aromatic rings. The number of rotatable bonds is 9. The summed E-state index contributed by atoms with van der Waals surface area (Å²) in [6, 6.07) is 14.1. The van der Waals surface area contributed by atoms with Gasteiger partial charge in [0.2, 0.25) is 11.8 Å². The van der Waals surface area contributed by atoms with Gasteiger partial charge in [-0.3, -0.25) is 9.59 Å². The van der Waals surface area contributed by atoms with Crippen molar-refractivity contribution in [3.63, 3.8) is 0 Å². The first-order valence-electron chi connectivity index (χ1n) is 9.39. The number of methoxy groups -OCH3 is 1. The van der Waals surface area contributed by atoms with E-state index in [4.69, 9.17) is 16.3 Å². The fraction of sp³-hybridized carbons (Fsp3) is 0.364. The number of carbonyl (C=O) groups excluding carboxylic acids is 2. The van der Waals surface area contributed by atoms with Gasteiger partial charge < -0.3 is 15.0 Å². The minimum atomic E-state index is -0.587. The first-order chi connectivity index (χ1) is 13.4. The first-order valence-corrected chi connectivity index (χ1v) is 9.77. The lowest BCUT2D eigenvalue weighted by atomic mass is 10.1. The maximum Gasteiger partial charge on any atom is 0.242 e. The highest BCUT2D eigenvalue weighted by atomic mass is 35.5. The second-order valence-electron chi connectivity index (χ2n) is 6.64. The molecule has 0 aromatic heterocycles. The summed E-state index contributed by atoms with van der Waals surface area (Å²) in [5, 5.41) is 3.47. The van der Waals surface area contributed by atoms with Crippen LogP contribution in [0.15, 0.2) is 48.5 Å². The SMILES string of the molecule is CCCNC(=O)[C@H](C)N(Cc1cccc(Cl)c1)C(=O)Cc1ccc(OC)cc1. The van der Waals surface area contributed by atoms with Crippen LogP contribution in [0.2, 0.25) is 5.02 Å². The maximum absolute atomic E-state index is 13.1. The Morgan fingerprint density at radius 3 is 2.46 bits per heavy atom. The zero-order valence-corrected chi connectivity index (χ0v) is 17.3.